The molecule has 1 aromatic heterocycles. The first-order valence-corrected chi connectivity index (χ1v) is 11.0. The fraction of sp³-hybridized carbons (Fsp3) is 0.480. The van der Waals surface area contributed by atoms with Crippen LogP contribution >= 0.6 is 12.4 Å². The number of carbonyl (C=O) groups excluding carboxylic acids is 1. The summed E-state index contributed by atoms with van der Waals surface area (Å²) in [4.78, 5) is 19.5. The van der Waals surface area contributed by atoms with Crippen molar-refractivity contribution in [2.45, 2.75) is 52.5 Å². The maximum Gasteiger partial charge on any atom is 0.291 e. The van der Waals surface area contributed by atoms with Gasteiger partial charge in [0.25, 0.3) is 5.91 Å². The van der Waals surface area contributed by atoms with E-state index in [-0.39, 0.29) is 40.8 Å². The molecule has 1 aliphatic rings. The first kappa shape index (κ1) is 26.6. The Labute approximate surface area is 202 Å². The number of benzene rings is 1. The van der Waals surface area contributed by atoms with Gasteiger partial charge in [-0.05, 0) is 61.8 Å². The van der Waals surface area contributed by atoms with Crippen LogP contribution in [0.25, 0.3) is 5.57 Å². The number of ether oxygens (including phenoxy) is 1. The molecule has 178 valence electrons. The van der Waals surface area contributed by atoms with Crippen LogP contribution in [-0.2, 0) is 10.3 Å². The summed E-state index contributed by atoms with van der Waals surface area (Å²) < 4.78 is 5.18. The van der Waals surface area contributed by atoms with Crippen molar-refractivity contribution >= 4 is 29.6 Å². The number of nitrogens with zero attached hydrogens (tertiary/aromatic N) is 2. The van der Waals surface area contributed by atoms with Crippen molar-refractivity contribution in [2.75, 3.05) is 25.6 Å². The Morgan fingerprint density at radius 3 is 2.73 bits per heavy atom. The van der Waals surface area contributed by atoms with E-state index in [9.17, 15) is 4.79 Å². The molecule has 0 saturated heterocycles. The third-order valence-corrected chi connectivity index (χ3v) is 6.09. The number of hydrogen-bond acceptors (Lipinski definition) is 5. The van der Waals surface area contributed by atoms with Gasteiger partial charge in [0.15, 0.2) is 5.82 Å². The average molecular weight is 472 g/mol. The van der Waals surface area contributed by atoms with Crippen LogP contribution in [0, 0.1) is 16.7 Å². The van der Waals surface area contributed by atoms with E-state index < -0.39 is 0 Å². The van der Waals surface area contributed by atoms with Gasteiger partial charge < -0.3 is 20.4 Å². The number of anilines is 1. The zero-order valence-corrected chi connectivity index (χ0v) is 20.9. The number of carbonyl (C=O) groups is 1. The number of H-pyrrole nitrogens is 1. The van der Waals surface area contributed by atoms with Crippen LogP contribution < -0.4 is 10.6 Å². The van der Waals surface area contributed by atoms with E-state index in [0.717, 1.165) is 42.6 Å². The number of amides is 1. The lowest BCUT2D eigenvalue weighted by atomic mass is 9.76. The standard InChI is InChI=1S/C25H33N5O2.ClH/c1-24(2)10-8-17(9-11-24)20-14-18(25(3,4)28-12-13-32-5)6-7-21(20)30-23(31)22-27-16-19(15-26)29-22;/h6-8,14,16,28H,9-13H2,1-5H3,(H,27,29)(H,30,31);1H. The molecule has 0 radical (unpaired) electrons. The van der Waals surface area contributed by atoms with Gasteiger partial charge in [-0.25, -0.2) is 4.98 Å². The molecular formula is C25H34ClN5O2. The lowest BCUT2D eigenvalue weighted by Crippen LogP contribution is -2.38. The average Bonchev–Trinajstić information content (AvgIpc) is 3.24. The van der Waals surface area contributed by atoms with E-state index in [4.69, 9.17) is 10.00 Å². The molecule has 2 aromatic rings. The molecule has 1 amide bonds. The molecule has 1 aliphatic carbocycles. The van der Waals surface area contributed by atoms with Crippen molar-refractivity contribution in [3.63, 3.8) is 0 Å². The van der Waals surface area contributed by atoms with E-state index in [1.54, 1.807) is 7.11 Å². The van der Waals surface area contributed by atoms with E-state index in [0.29, 0.717) is 6.61 Å². The summed E-state index contributed by atoms with van der Waals surface area (Å²) in [6.45, 7) is 10.2. The molecule has 33 heavy (non-hydrogen) atoms. The van der Waals surface area contributed by atoms with Crippen LogP contribution in [0.2, 0.25) is 0 Å². The first-order valence-electron chi connectivity index (χ1n) is 11.0. The minimum absolute atomic E-state index is 0. The maximum absolute atomic E-state index is 12.8. The SMILES string of the molecule is COCCNC(C)(C)c1ccc(NC(=O)c2ncc(C#N)[nH]2)c(C2=CCC(C)(C)CC2)c1.Cl. The number of nitrogens with one attached hydrogen (secondary N) is 3. The molecule has 7 nitrogen and oxygen atoms in total. The zero-order chi connectivity index (χ0) is 23.4. The molecule has 0 spiro atoms. The quantitative estimate of drug-likeness (QED) is 0.469. The highest BCUT2D eigenvalue weighted by molar-refractivity contribution is 6.03. The molecule has 8 heteroatoms. The Bertz CT molecular complexity index is 1050. The smallest absolute Gasteiger partial charge is 0.291 e. The fourth-order valence-electron chi connectivity index (χ4n) is 3.87. The topological polar surface area (TPSA) is 103 Å². The van der Waals surface area contributed by atoms with Crippen molar-refractivity contribution in [1.82, 2.24) is 15.3 Å². The van der Waals surface area contributed by atoms with Crippen molar-refractivity contribution in [3.8, 4) is 6.07 Å². The molecule has 3 N–H and O–H groups in total. The number of aromatic nitrogens is 2. The van der Waals surface area contributed by atoms with Gasteiger partial charge >= 0.3 is 0 Å². The third-order valence-electron chi connectivity index (χ3n) is 6.09. The van der Waals surface area contributed by atoms with Gasteiger partial charge in [0, 0.05) is 30.4 Å². The second kappa shape index (κ2) is 11.0. The van der Waals surface area contributed by atoms with Crippen LogP contribution in [0.5, 0.6) is 0 Å². The summed E-state index contributed by atoms with van der Waals surface area (Å²) in [5, 5.41) is 15.5. The Hall–Kier alpha value is -2.66. The normalized spacial score (nSPS) is 15.2. The molecule has 0 bridgehead atoms. The zero-order valence-electron chi connectivity index (χ0n) is 20.0. The molecule has 0 aliphatic heterocycles. The van der Waals surface area contributed by atoms with Crippen molar-refractivity contribution in [2.24, 2.45) is 5.41 Å². The Morgan fingerprint density at radius 1 is 1.36 bits per heavy atom. The van der Waals surface area contributed by atoms with Crippen LogP contribution in [0.15, 0.2) is 30.5 Å². The predicted octanol–water partition coefficient (Wildman–Crippen LogP) is 5.02. The molecule has 1 aromatic carbocycles. The third kappa shape index (κ3) is 6.67. The van der Waals surface area contributed by atoms with Crippen molar-refractivity contribution in [1.29, 1.82) is 5.26 Å². The van der Waals surface area contributed by atoms with Crippen molar-refractivity contribution < 1.29 is 9.53 Å². The summed E-state index contributed by atoms with van der Waals surface area (Å²) in [5.41, 5.74) is 4.43. The second-order valence-corrected chi connectivity index (χ2v) is 9.61. The largest absolute Gasteiger partial charge is 0.383 e. The van der Waals surface area contributed by atoms with Gasteiger partial charge in [0.05, 0.1) is 12.8 Å². The number of rotatable bonds is 8. The van der Waals surface area contributed by atoms with Gasteiger partial charge in [-0.3, -0.25) is 4.79 Å². The van der Waals surface area contributed by atoms with Gasteiger partial charge in [-0.2, -0.15) is 5.26 Å². The van der Waals surface area contributed by atoms with Gasteiger partial charge in [0.1, 0.15) is 11.8 Å². The number of nitriles is 1. The molecule has 3 rings (SSSR count). The van der Waals surface area contributed by atoms with E-state index in [2.05, 4.69) is 60.4 Å². The Morgan fingerprint density at radius 2 is 2.12 bits per heavy atom. The number of methoxy groups -OCH3 is 1. The van der Waals surface area contributed by atoms with Gasteiger partial charge in [0.2, 0.25) is 0 Å². The van der Waals surface area contributed by atoms with Crippen LogP contribution in [0.3, 0.4) is 0 Å². The summed E-state index contributed by atoms with van der Waals surface area (Å²) in [5.74, 6) is -0.244. The highest BCUT2D eigenvalue weighted by Crippen LogP contribution is 2.41. The minimum atomic E-state index is -0.366. The van der Waals surface area contributed by atoms with E-state index >= 15 is 0 Å². The summed E-state index contributed by atoms with van der Waals surface area (Å²) in [6, 6.07) is 8.12. The maximum atomic E-state index is 12.8. The van der Waals surface area contributed by atoms with Crippen LogP contribution in [0.1, 0.15) is 74.4 Å². The number of allylic oxidation sites excluding steroid dienone is 2. The predicted molar refractivity (Wildman–Crippen MR) is 133 cm³/mol. The molecule has 1 heterocycles. The highest BCUT2D eigenvalue weighted by Gasteiger charge is 2.26. The monoisotopic (exact) mass is 471 g/mol. The molecule has 0 fully saturated rings. The van der Waals surface area contributed by atoms with Gasteiger partial charge in [-0.1, -0.05) is 26.0 Å². The first-order chi connectivity index (χ1) is 15.1. The Balaban J connectivity index is 0.00000385. The number of imidazole rings is 1. The highest BCUT2D eigenvalue weighted by atomic mass is 35.5. The fourth-order valence-corrected chi connectivity index (χ4v) is 3.87. The Kier molecular flexibility index (Phi) is 8.84. The number of hydrogen-bond donors (Lipinski definition) is 3. The lowest BCUT2D eigenvalue weighted by molar-refractivity contribution is 0.101. The molecule has 0 saturated carbocycles. The van der Waals surface area contributed by atoms with Gasteiger partial charge in [-0.15, -0.1) is 12.4 Å². The van der Waals surface area contributed by atoms with Crippen LogP contribution in [-0.4, -0.2) is 36.1 Å². The molecular weight excluding hydrogens is 438 g/mol. The summed E-state index contributed by atoms with van der Waals surface area (Å²) in [6.07, 6.45) is 6.70. The van der Waals surface area contributed by atoms with Crippen molar-refractivity contribution in [3.05, 3.63) is 53.1 Å². The summed E-state index contributed by atoms with van der Waals surface area (Å²) in [7, 11) is 1.69. The minimum Gasteiger partial charge on any atom is -0.383 e. The molecule has 0 unspecified atom stereocenters. The van der Waals surface area contributed by atoms with E-state index in [1.807, 2.05) is 18.2 Å². The number of halogens is 1. The summed E-state index contributed by atoms with van der Waals surface area (Å²) >= 11 is 0. The lowest BCUT2D eigenvalue weighted by Gasteiger charge is -2.31. The van der Waals surface area contributed by atoms with Crippen LogP contribution in [0.4, 0.5) is 5.69 Å². The van der Waals surface area contributed by atoms with E-state index in [1.165, 1.54) is 11.8 Å². The second-order valence-electron chi connectivity index (χ2n) is 9.61. The molecule has 0 atom stereocenters. The number of aromatic amines is 1.